The molecule has 1 aromatic rings. The van der Waals surface area contributed by atoms with Crippen LogP contribution in [0, 0.1) is 0 Å². The van der Waals surface area contributed by atoms with E-state index in [0.29, 0.717) is 0 Å². The maximum absolute atomic E-state index is 13.4. The molecule has 7 rings (SSSR count). The zero-order valence-corrected chi connectivity index (χ0v) is 25.4. The summed E-state index contributed by atoms with van der Waals surface area (Å²) in [5, 5.41) is 12.2. The summed E-state index contributed by atoms with van der Waals surface area (Å²) < 4.78 is 4.33. The van der Waals surface area contributed by atoms with Gasteiger partial charge in [0.2, 0.25) is 6.54 Å². The van der Waals surface area contributed by atoms with Crippen molar-refractivity contribution in [2.75, 3.05) is 6.61 Å². The number of pyridine rings is 1. The zero-order chi connectivity index (χ0) is 27.0. The Morgan fingerprint density at radius 3 is 1.58 bits per heavy atom. The standard InChI is InChI=1S/C21H14Cl10NO4/c1-2-36-11(34)8-32-5-3-9(4-6-32)10(33)7-12(35)13(22)15(24)17(26)14(12,23)18(27)16(13,25)19(15,28)21(30,31)20(17,18)29/h3-6,35H,2,7-8H2,1H3/q+1/t12?,13?,14?,15-,16+,17-,18+,19?,20?. The smallest absolute Gasteiger partial charge is 0.372 e. The van der Waals surface area contributed by atoms with Gasteiger partial charge >= 0.3 is 5.97 Å². The lowest BCUT2D eigenvalue weighted by molar-refractivity contribution is -0.686. The van der Waals surface area contributed by atoms with E-state index in [1.165, 1.54) is 29.1 Å². The molecule has 0 saturated heterocycles. The van der Waals surface area contributed by atoms with E-state index < -0.39 is 67.1 Å². The molecule has 5 nitrogen and oxygen atoms in total. The number of aromatic nitrogens is 1. The molecule has 6 saturated carbocycles. The monoisotopic (exact) mass is 694 g/mol. The van der Waals surface area contributed by atoms with Gasteiger partial charge in [-0.3, -0.25) is 4.79 Å². The Hall–Kier alpha value is 1.15. The number of hydrogen-bond acceptors (Lipinski definition) is 4. The van der Waals surface area contributed by atoms with E-state index in [9.17, 15) is 14.7 Å². The number of Topliss-reactive ketones (excluding diaryl/α,β-unsaturated/α-hetero) is 1. The quantitative estimate of drug-likeness (QED) is 0.199. The number of halogens is 10. The second-order valence-electron chi connectivity index (χ2n) is 9.87. The first-order valence-corrected chi connectivity index (χ1v) is 14.4. The second kappa shape index (κ2) is 6.78. The van der Waals surface area contributed by atoms with Crippen LogP contribution in [0.3, 0.4) is 0 Å². The average Bonchev–Trinajstić information content (AvgIpc) is 3.02. The minimum Gasteiger partial charge on any atom is -0.461 e. The highest BCUT2D eigenvalue weighted by Gasteiger charge is 3.32. The number of alkyl halides is 10. The summed E-state index contributed by atoms with van der Waals surface area (Å²) in [5.74, 6) is -1.02. The molecule has 0 amide bonds. The van der Waals surface area contributed by atoms with Gasteiger partial charge < -0.3 is 9.84 Å². The lowest BCUT2D eigenvalue weighted by atomic mass is 9.41. The van der Waals surface area contributed by atoms with E-state index in [4.69, 9.17) is 121 Å². The van der Waals surface area contributed by atoms with Crippen molar-refractivity contribution in [1.29, 1.82) is 0 Å². The number of aliphatic hydroxyl groups is 1. The Labute approximate surface area is 255 Å². The van der Waals surface area contributed by atoms with Crippen molar-refractivity contribution in [1.82, 2.24) is 0 Å². The molecule has 4 bridgehead atoms. The number of ether oxygens (including phenoxy) is 1. The average molecular weight is 699 g/mol. The van der Waals surface area contributed by atoms with E-state index >= 15 is 0 Å². The third-order valence-corrected chi connectivity index (χ3v) is 18.3. The van der Waals surface area contributed by atoms with Gasteiger partial charge in [-0.25, -0.2) is 4.79 Å². The molecule has 196 valence electrons. The van der Waals surface area contributed by atoms with Crippen molar-refractivity contribution in [2.45, 2.75) is 68.8 Å². The second-order valence-corrected chi connectivity index (χ2v) is 15.7. The Bertz CT molecular complexity index is 1200. The fourth-order valence-corrected chi connectivity index (χ4v) is 16.7. The molecule has 36 heavy (non-hydrogen) atoms. The molecule has 0 aromatic carbocycles. The highest BCUT2D eigenvalue weighted by Crippen LogP contribution is 3.12. The van der Waals surface area contributed by atoms with Crippen molar-refractivity contribution in [2.24, 2.45) is 0 Å². The Kier molecular flexibility index (Phi) is 5.15. The van der Waals surface area contributed by atoms with Gasteiger partial charge in [0.15, 0.2) is 22.5 Å². The molecule has 4 unspecified atom stereocenters. The maximum Gasteiger partial charge on any atom is 0.372 e. The summed E-state index contributed by atoms with van der Waals surface area (Å²) in [5.41, 5.74) is -2.21. The molecule has 15 heteroatoms. The van der Waals surface area contributed by atoms with E-state index in [0.717, 1.165) is 0 Å². The Balaban J connectivity index is 1.41. The van der Waals surface area contributed by atoms with Crippen LogP contribution in [0.1, 0.15) is 23.7 Å². The minimum absolute atomic E-state index is 0.0525. The molecule has 6 fully saturated rings. The highest BCUT2D eigenvalue weighted by atomic mass is 35.5. The number of nitrogens with zero attached hydrogens (tertiary/aromatic N) is 1. The molecular weight excluding hydrogens is 685 g/mol. The normalized spacial score (nSPS) is 55.9. The van der Waals surface area contributed by atoms with Crippen molar-refractivity contribution in [3.63, 3.8) is 0 Å². The van der Waals surface area contributed by atoms with Gasteiger partial charge in [-0.05, 0) is 6.92 Å². The highest BCUT2D eigenvalue weighted by molar-refractivity contribution is 6.78. The first-order valence-electron chi connectivity index (χ1n) is 10.6. The van der Waals surface area contributed by atoms with Crippen LogP contribution in [0.4, 0.5) is 0 Å². The lowest BCUT2D eigenvalue weighted by Gasteiger charge is -2.81. The fraction of sp³-hybridized carbons (Fsp3) is 0.667. The summed E-state index contributed by atoms with van der Waals surface area (Å²) in [6.07, 6.45) is 2.33. The Morgan fingerprint density at radius 2 is 1.19 bits per heavy atom. The Morgan fingerprint density at radius 1 is 0.778 bits per heavy atom. The SMILES string of the molecule is CCOC(=O)C[n+]1ccc(C(=O)CC2(O)C3(Cl)[C@]4(Cl)C5(Cl)C(Cl)(Cl)C6(Cl)[C@@]4(Cl)C2(Cl)[C@]6(Cl)[C@]53Cl)cc1. The van der Waals surface area contributed by atoms with Gasteiger partial charge in [0.25, 0.3) is 0 Å². The lowest BCUT2D eigenvalue weighted by Crippen LogP contribution is -3.03. The van der Waals surface area contributed by atoms with Gasteiger partial charge in [-0.1, -0.05) is 23.2 Å². The number of hydrogen-bond donors (Lipinski definition) is 1. The van der Waals surface area contributed by atoms with Gasteiger partial charge in [-0.15, -0.1) is 92.8 Å². The molecule has 6 aliphatic carbocycles. The van der Waals surface area contributed by atoms with E-state index in [1.54, 1.807) is 6.92 Å². The zero-order valence-electron chi connectivity index (χ0n) is 17.8. The van der Waals surface area contributed by atoms with Gasteiger partial charge in [0.1, 0.15) is 44.6 Å². The third kappa shape index (κ3) is 1.75. The van der Waals surface area contributed by atoms with Crippen molar-refractivity contribution in [3.8, 4) is 0 Å². The minimum atomic E-state index is -2.38. The van der Waals surface area contributed by atoms with E-state index in [2.05, 4.69) is 0 Å². The van der Waals surface area contributed by atoms with Crippen LogP contribution in [0.25, 0.3) is 0 Å². The molecule has 0 radical (unpaired) electrons. The molecule has 0 aliphatic heterocycles. The van der Waals surface area contributed by atoms with Crippen molar-refractivity contribution >= 4 is 128 Å². The van der Waals surface area contributed by atoms with Crippen molar-refractivity contribution < 1.29 is 24.0 Å². The summed E-state index contributed by atoms with van der Waals surface area (Å²) in [4.78, 5) is 8.57. The molecule has 8 atom stereocenters. The van der Waals surface area contributed by atoms with Crippen molar-refractivity contribution in [3.05, 3.63) is 30.1 Å². The number of rotatable bonds is 6. The largest absolute Gasteiger partial charge is 0.461 e. The van der Waals surface area contributed by atoms with Crippen LogP contribution < -0.4 is 4.57 Å². The number of carbonyl (C=O) groups excluding carboxylic acids is 2. The van der Waals surface area contributed by atoms with Gasteiger partial charge in [0.05, 0.1) is 6.61 Å². The predicted molar refractivity (Wildman–Crippen MR) is 140 cm³/mol. The number of carbonyl (C=O) groups is 2. The van der Waals surface area contributed by atoms with E-state index in [-0.39, 0.29) is 18.7 Å². The number of ketones is 1. The first kappa shape index (κ1) is 27.3. The summed E-state index contributed by atoms with van der Waals surface area (Å²) in [7, 11) is 0. The first-order chi connectivity index (χ1) is 16.3. The van der Waals surface area contributed by atoms with Crippen LogP contribution >= 0.6 is 116 Å². The summed E-state index contributed by atoms with van der Waals surface area (Å²) >= 11 is 69.6. The van der Waals surface area contributed by atoms with Gasteiger partial charge in [0, 0.05) is 24.1 Å². The molecule has 1 aromatic heterocycles. The van der Waals surface area contributed by atoms with Gasteiger partial charge in [-0.2, -0.15) is 4.57 Å². The molecule has 1 N–H and O–H groups in total. The van der Waals surface area contributed by atoms with Crippen LogP contribution in [0.2, 0.25) is 0 Å². The van der Waals surface area contributed by atoms with Crippen LogP contribution in [0.15, 0.2) is 24.5 Å². The topological polar surface area (TPSA) is 67.5 Å². The van der Waals surface area contributed by atoms with Crippen LogP contribution in [-0.2, 0) is 16.1 Å². The molecule has 1 heterocycles. The molecular formula is C21H14Cl10NO4+. The summed E-state index contributed by atoms with van der Waals surface area (Å²) in [6.45, 7) is 1.88. The van der Waals surface area contributed by atoms with Crippen LogP contribution in [-0.4, -0.2) is 72.4 Å². The van der Waals surface area contributed by atoms with Crippen LogP contribution in [0.5, 0.6) is 0 Å². The van der Waals surface area contributed by atoms with E-state index in [1.807, 2.05) is 0 Å². The third-order valence-electron chi connectivity index (χ3n) is 9.00. The maximum atomic E-state index is 13.4. The fourth-order valence-electron chi connectivity index (χ4n) is 7.83. The predicted octanol–water partition coefficient (Wildman–Crippen LogP) is 4.90. The summed E-state index contributed by atoms with van der Waals surface area (Å²) in [6, 6.07) is 2.91. The number of esters is 1. The molecule has 0 spiro atoms. The molecule has 6 aliphatic rings.